The van der Waals surface area contributed by atoms with Crippen molar-refractivity contribution >= 4 is 11.6 Å². The third-order valence-electron chi connectivity index (χ3n) is 3.21. The average molecular weight is 268 g/mol. The molecule has 0 aliphatic carbocycles. The molecule has 3 N–H and O–H groups in total. The third-order valence-corrected chi connectivity index (χ3v) is 3.21. The van der Waals surface area contributed by atoms with Crippen LogP contribution in [-0.4, -0.2) is 5.91 Å². The molecule has 0 bridgehead atoms. The van der Waals surface area contributed by atoms with E-state index in [1.165, 1.54) is 0 Å². The second-order valence-corrected chi connectivity index (χ2v) is 5.25. The second kappa shape index (κ2) is 5.88. The van der Waals surface area contributed by atoms with E-state index >= 15 is 0 Å². The molecule has 0 saturated heterocycles. The molecule has 20 heavy (non-hydrogen) atoms. The molecule has 0 saturated carbocycles. The van der Waals surface area contributed by atoms with Gasteiger partial charge < -0.3 is 11.1 Å². The van der Waals surface area contributed by atoms with Crippen molar-refractivity contribution in [1.29, 1.82) is 0 Å². The number of carbonyl (C=O) groups is 1. The van der Waals surface area contributed by atoms with E-state index < -0.39 is 6.04 Å². The summed E-state index contributed by atoms with van der Waals surface area (Å²) in [6, 6.07) is 13.0. The maximum atomic E-state index is 12.2. The van der Waals surface area contributed by atoms with Gasteiger partial charge in [-0.1, -0.05) is 35.9 Å². The standard InChI is InChI=1S/C17H20N2O/c1-11-4-6-14(7-5-11)16(18)17(20)19-15-9-12(2)8-13(3)10-15/h4-10,16H,18H2,1-3H3,(H,19,20). The Labute approximate surface area is 119 Å². The molecular formula is C17H20N2O. The number of carbonyl (C=O) groups excluding carboxylic acids is 1. The molecule has 0 aliphatic heterocycles. The number of nitrogens with one attached hydrogen (secondary N) is 1. The molecule has 1 atom stereocenters. The highest BCUT2D eigenvalue weighted by Crippen LogP contribution is 2.17. The molecule has 0 aromatic heterocycles. The Morgan fingerprint density at radius 3 is 2.05 bits per heavy atom. The fourth-order valence-electron chi connectivity index (χ4n) is 2.19. The highest BCUT2D eigenvalue weighted by molar-refractivity contribution is 5.95. The van der Waals surface area contributed by atoms with Crippen molar-refractivity contribution in [3.05, 3.63) is 64.7 Å². The van der Waals surface area contributed by atoms with E-state index in [4.69, 9.17) is 5.73 Å². The van der Waals surface area contributed by atoms with Gasteiger partial charge in [-0.15, -0.1) is 0 Å². The highest BCUT2D eigenvalue weighted by atomic mass is 16.2. The van der Waals surface area contributed by atoms with Crippen molar-refractivity contribution in [3.63, 3.8) is 0 Å². The minimum atomic E-state index is -0.656. The number of anilines is 1. The minimum absolute atomic E-state index is 0.196. The topological polar surface area (TPSA) is 55.1 Å². The first-order chi connectivity index (χ1) is 9.45. The number of aryl methyl sites for hydroxylation is 3. The summed E-state index contributed by atoms with van der Waals surface area (Å²) in [6.45, 7) is 6.01. The summed E-state index contributed by atoms with van der Waals surface area (Å²) in [5, 5.41) is 2.87. The lowest BCUT2D eigenvalue weighted by Crippen LogP contribution is -2.27. The Balaban J connectivity index is 2.13. The number of nitrogens with two attached hydrogens (primary N) is 1. The van der Waals surface area contributed by atoms with Crippen LogP contribution in [0.3, 0.4) is 0 Å². The van der Waals surface area contributed by atoms with Crippen molar-refractivity contribution in [1.82, 2.24) is 0 Å². The van der Waals surface area contributed by atoms with Crippen molar-refractivity contribution in [2.45, 2.75) is 26.8 Å². The van der Waals surface area contributed by atoms with E-state index in [9.17, 15) is 4.79 Å². The van der Waals surface area contributed by atoms with Crippen LogP contribution in [0.15, 0.2) is 42.5 Å². The molecule has 0 heterocycles. The number of amides is 1. The fraction of sp³-hybridized carbons (Fsp3) is 0.235. The zero-order valence-corrected chi connectivity index (χ0v) is 12.1. The monoisotopic (exact) mass is 268 g/mol. The Morgan fingerprint density at radius 2 is 1.50 bits per heavy atom. The largest absolute Gasteiger partial charge is 0.324 e. The molecule has 0 fully saturated rings. The molecule has 1 unspecified atom stereocenters. The maximum absolute atomic E-state index is 12.2. The predicted molar refractivity (Wildman–Crippen MR) is 82.7 cm³/mol. The number of hydrogen-bond acceptors (Lipinski definition) is 2. The van der Waals surface area contributed by atoms with Gasteiger partial charge in [-0.3, -0.25) is 4.79 Å². The van der Waals surface area contributed by atoms with Gasteiger partial charge in [0.15, 0.2) is 0 Å². The van der Waals surface area contributed by atoms with Crippen LogP contribution in [-0.2, 0) is 4.79 Å². The zero-order chi connectivity index (χ0) is 14.7. The lowest BCUT2D eigenvalue weighted by molar-refractivity contribution is -0.117. The molecule has 3 heteroatoms. The Kier molecular flexibility index (Phi) is 4.20. The highest BCUT2D eigenvalue weighted by Gasteiger charge is 2.15. The summed E-state index contributed by atoms with van der Waals surface area (Å²) in [5.74, 6) is -0.196. The van der Waals surface area contributed by atoms with Crippen LogP contribution in [0.4, 0.5) is 5.69 Å². The molecule has 0 spiro atoms. The smallest absolute Gasteiger partial charge is 0.245 e. The summed E-state index contributed by atoms with van der Waals surface area (Å²) in [7, 11) is 0. The quantitative estimate of drug-likeness (QED) is 0.897. The van der Waals surface area contributed by atoms with Crippen LogP contribution >= 0.6 is 0 Å². The molecule has 2 aromatic rings. The van der Waals surface area contributed by atoms with Gasteiger partial charge in [0, 0.05) is 5.69 Å². The summed E-state index contributed by atoms with van der Waals surface area (Å²) in [4.78, 5) is 12.2. The summed E-state index contributed by atoms with van der Waals surface area (Å²) < 4.78 is 0. The van der Waals surface area contributed by atoms with Crippen molar-refractivity contribution < 1.29 is 4.79 Å². The van der Waals surface area contributed by atoms with E-state index in [0.717, 1.165) is 27.9 Å². The first-order valence-corrected chi connectivity index (χ1v) is 6.67. The normalized spacial score (nSPS) is 12.0. The minimum Gasteiger partial charge on any atom is -0.324 e. The first kappa shape index (κ1) is 14.3. The van der Waals surface area contributed by atoms with E-state index in [0.29, 0.717) is 0 Å². The van der Waals surface area contributed by atoms with Crippen LogP contribution in [0, 0.1) is 20.8 Å². The zero-order valence-electron chi connectivity index (χ0n) is 12.1. The van der Waals surface area contributed by atoms with Gasteiger partial charge in [-0.2, -0.15) is 0 Å². The van der Waals surface area contributed by atoms with Crippen LogP contribution in [0.1, 0.15) is 28.3 Å². The Hall–Kier alpha value is -2.13. The van der Waals surface area contributed by atoms with Crippen LogP contribution < -0.4 is 11.1 Å². The first-order valence-electron chi connectivity index (χ1n) is 6.67. The van der Waals surface area contributed by atoms with Crippen LogP contribution in [0.25, 0.3) is 0 Å². The molecule has 0 radical (unpaired) electrons. The molecule has 0 aliphatic rings. The molecule has 2 rings (SSSR count). The SMILES string of the molecule is Cc1ccc(C(N)C(=O)Nc2cc(C)cc(C)c2)cc1. The molecule has 2 aromatic carbocycles. The van der Waals surface area contributed by atoms with Gasteiger partial charge >= 0.3 is 0 Å². The second-order valence-electron chi connectivity index (χ2n) is 5.25. The van der Waals surface area contributed by atoms with E-state index in [1.54, 1.807) is 0 Å². The van der Waals surface area contributed by atoms with Crippen molar-refractivity contribution in [2.75, 3.05) is 5.32 Å². The summed E-state index contributed by atoms with van der Waals surface area (Å²) >= 11 is 0. The molecule has 3 nitrogen and oxygen atoms in total. The average Bonchev–Trinajstić information content (AvgIpc) is 2.37. The van der Waals surface area contributed by atoms with Gasteiger partial charge in [-0.25, -0.2) is 0 Å². The van der Waals surface area contributed by atoms with E-state index in [1.807, 2.05) is 57.2 Å². The van der Waals surface area contributed by atoms with E-state index in [2.05, 4.69) is 11.4 Å². The van der Waals surface area contributed by atoms with Gasteiger partial charge in [0.25, 0.3) is 0 Å². The van der Waals surface area contributed by atoms with Crippen LogP contribution in [0.2, 0.25) is 0 Å². The molecule has 1 amide bonds. The van der Waals surface area contributed by atoms with Gasteiger partial charge in [-0.05, 0) is 49.6 Å². The Morgan fingerprint density at radius 1 is 0.950 bits per heavy atom. The summed E-state index contributed by atoms with van der Waals surface area (Å²) in [6.07, 6.45) is 0. The van der Waals surface area contributed by atoms with Gasteiger partial charge in [0.1, 0.15) is 6.04 Å². The van der Waals surface area contributed by atoms with E-state index in [-0.39, 0.29) is 5.91 Å². The van der Waals surface area contributed by atoms with Crippen molar-refractivity contribution in [2.24, 2.45) is 5.73 Å². The molecular weight excluding hydrogens is 248 g/mol. The summed E-state index contributed by atoms with van der Waals surface area (Å²) in [5.41, 5.74) is 11.0. The fourth-order valence-corrected chi connectivity index (χ4v) is 2.19. The lowest BCUT2D eigenvalue weighted by atomic mass is 10.0. The predicted octanol–water partition coefficient (Wildman–Crippen LogP) is 3.25. The van der Waals surface area contributed by atoms with Gasteiger partial charge in [0.2, 0.25) is 5.91 Å². The lowest BCUT2D eigenvalue weighted by Gasteiger charge is -2.13. The van der Waals surface area contributed by atoms with Gasteiger partial charge in [0.05, 0.1) is 0 Å². The number of rotatable bonds is 3. The maximum Gasteiger partial charge on any atom is 0.245 e. The van der Waals surface area contributed by atoms with Crippen LogP contribution in [0.5, 0.6) is 0 Å². The Bertz CT molecular complexity index is 597. The number of benzene rings is 2. The number of hydrogen-bond donors (Lipinski definition) is 2. The van der Waals surface area contributed by atoms with Crippen molar-refractivity contribution in [3.8, 4) is 0 Å². The third kappa shape index (κ3) is 3.45. The molecule has 104 valence electrons.